The van der Waals surface area contributed by atoms with Gasteiger partial charge in [0.05, 0.1) is 25.7 Å². The fraction of sp³-hybridized carbons (Fsp3) is 0.500. The predicted molar refractivity (Wildman–Crippen MR) is 105 cm³/mol. The summed E-state index contributed by atoms with van der Waals surface area (Å²) in [5.41, 5.74) is 0.710. The average Bonchev–Trinajstić information content (AvgIpc) is 2.81. The SMILES string of the molecule is C[N+]1(CCOC(=O)c2c(I)ccc(I)c2I)CCCC1. The van der Waals surface area contributed by atoms with Crippen LogP contribution in [0.1, 0.15) is 23.2 Å². The number of rotatable bonds is 4. The van der Waals surface area contributed by atoms with Crippen molar-refractivity contribution in [3.8, 4) is 0 Å². The number of quaternary nitrogens is 1. The van der Waals surface area contributed by atoms with Crippen molar-refractivity contribution in [2.45, 2.75) is 12.8 Å². The molecule has 3 nitrogen and oxygen atoms in total. The number of nitrogens with zero attached hydrogens (tertiary/aromatic N) is 1. The molecule has 1 aromatic rings. The normalized spacial score (nSPS) is 17.2. The van der Waals surface area contributed by atoms with Crippen LogP contribution in [0.25, 0.3) is 0 Å². The van der Waals surface area contributed by atoms with Crippen molar-refractivity contribution in [1.82, 2.24) is 0 Å². The summed E-state index contributed by atoms with van der Waals surface area (Å²) in [6.07, 6.45) is 2.58. The van der Waals surface area contributed by atoms with Gasteiger partial charge in [0.15, 0.2) is 0 Å². The van der Waals surface area contributed by atoms with Crippen LogP contribution in [0.2, 0.25) is 0 Å². The van der Waals surface area contributed by atoms with Crippen LogP contribution in [0.4, 0.5) is 0 Å². The van der Waals surface area contributed by atoms with Gasteiger partial charge in [0.2, 0.25) is 0 Å². The minimum atomic E-state index is -0.192. The Balaban J connectivity index is 1.97. The van der Waals surface area contributed by atoms with Gasteiger partial charge in [-0.1, -0.05) is 0 Å². The molecule has 1 aromatic carbocycles. The first kappa shape index (κ1) is 17.2. The number of esters is 1. The number of halogens is 3. The lowest BCUT2D eigenvalue weighted by Gasteiger charge is -2.28. The highest BCUT2D eigenvalue weighted by atomic mass is 127. The largest absolute Gasteiger partial charge is 0.456 e. The Morgan fingerprint density at radius 2 is 1.80 bits per heavy atom. The zero-order valence-corrected chi connectivity index (χ0v) is 17.8. The number of carbonyl (C=O) groups is 1. The van der Waals surface area contributed by atoms with E-state index in [1.807, 2.05) is 12.1 Å². The molecule has 0 N–H and O–H groups in total. The van der Waals surface area contributed by atoms with Gasteiger partial charge in [-0.3, -0.25) is 0 Å². The molecule has 20 heavy (non-hydrogen) atoms. The Morgan fingerprint density at radius 1 is 1.20 bits per heavy atom. The summed E-state index contributed by atoms with van der Waals surface area (Å²) in [4.78, 5) is 12.3. The fourth-order valence-electron chi connectivity index (χ4n) is 2.47. The van der Waals surface area contributed by atoms with E-state index in [9.17, 15) is 4.79 Å². The molecule has 2 rings (SSSR count). The first-order chi connectivity index (χ1) is 9.43. The number of hydrogen-bond acceptors (Lipinski definition) is 2. The molecule has 0 aromatic heterocycles. The van der Waals surface area contributed by atoms with E-state index in [4.69, 9.17) is 4.74 Å². The molecule has 0 radical (unpaired) electrons. The summed E-state index contributed by atoms with van der Waals surface area (Å²) < 4.78 is 9.58. The van der Waals surface area contributed by atoms with Crippen molar-refractivity contribution in [2.75, 3.05) is 33.3 Å². The van der Waals surface area contributed by atoms with Gasteiger partial charge < -0.3 is 9.22 Å². The molecule has 1 aliphatic heterocycles. The molecular weight excluding hydrogens is 595 g/mol. The van der Waals surface area contributed by atoms with E-state index in [2.05, 4.69) is 74.8 Å². The van der Waals surface area contributed by atoms with Crippen LogP contribution < -0.4 is 0 Å². The quantitative estimate of drug-likeness (QED) is 0.224. The van der Waals surface area contributed by atoms with Crippen LogP contribution in [0.5, 0.6) is 0 Å². The summed E-state index contributed by atoms with van der Waals surface area (Å²) in [5, 5.41) is 0. The molecule has 1 aliphatic rings. The molecule has 0 bridgehead atoms. The maximum atomic E-state index is 12.3. The summed E-state index contributed by atoms with van der Waals surface area (Å²) in [5.74, 6) is -0.192. The van der Waals surface area contributed by atoms with Gasteiger partial charge in [-0.05, 0) is 79.9 Å². The second-order valence-corrected chi connectivity index (χ2v) is 8.75. The molecule has 0 saturated carbocycles. The number of likely N-dealkylation sites (N-methyl/N-ethyl adjacent to an activating group) is 1. The molecule has 0 unspecified atom stereocenters. The van der Waals surface area contributed by atoms with Gasteiger partial charge in [0, 0.05) is 23.6 Å². The molecule has 0 aliphatic carbocycles. The van der Waals surface area contributed by atoms with E-state index >= 15 is 0 Å². The highest BCUT2D eigenvalue weighted by Gasteiger charge is 2.27. The average molecular weight is 612 g/mol. The van der Waals surface area contributed by atoms with Crippen molar-refractivity contribution in [3.05, 3.63) is 28.4 Å². The third kappa shape index (κ3) is 4.19. The van der Waals surface area contributed by atoms with E-state index in [1.165, 1.54) is 25.9 Å². The van der Waals surface area contributed by atoms with Crippen LogP contribution >= 0.6 is 67.8 Å². The third-order valence-corrected chi connectivity index (χ3v) is 7.71. The van der Waals surface area contributed by atoms with Gasteiger partial charge in [-0.25, -0.2) is 4.79 Å². The smallest absolute Gasteiger partial charge is 0.340 e. The Hall–Kier alpha value is 0.840. The lowest BCUT2D eigenvalue weighted by Crippen LogP contribution is -2.43. The van der Waals surface area contributed by atoms with Gasteiger partial charge in [0.1, 0.15) is 13.2 Å². The Kier molecular flexibility index (Phi) is 6.37. The Morgan fingerprint density at radius 3 is 2.45 bits per heavy atom. The maximum Gasteiger partial charge on any atom is 0.340 e. The first-order valence-corrected chi connectivity index (χ1v) is 9.81. The van der Waals surface area contributed by atoms with E-state index < -0.39 is 0 Å². The van der Waals surface area contributed by atoms with Gasteiger partial charge in [-0.15, -0.1) is 0 Å². The lowest BCUT2D eigenvalue weighted by molar-refractivity contribution is -0.897. The highest BCUT2D eigenvalue weighted by Crippen LogP contribution is 2.25. The highest BCUT2D eigenvalue weighted by molar-refractivity contribution is 14.1. The molecule has 1 heterocycles. The van der Waals surface area contributed by atoms with Crippen molar-refractivity contribution in [1.29, 1.82) is 0 Å². The topological polar surface area (TPSA) is 26.3 Å². The van der Waals surface area contributed by atoms with E-state index in [1.54, 1.807) is 0 Å². The number of hydrogen-bond donors (Lipinski definition) is 0. The second-order valence-electron chi connectivity index (χ2n) is 5.35. The zero-order chi connectivity index (χ0) is 14.8. The van der Waals surface area contributed by atoms with Crippen LogP contribution in [0.3, 0.4) is 0 Å². The van der Waals surface area contributed by atoms with Crippen LogP contribution in [0.15, 0.2) is 12.1 Å². The third-order valence-electron chi connectivity index (χ3n) is 3.76. The Bertz CT molecular complexity index is 513. The number of ether oxygens (including phenoxy) is 1. The number of carbonyl (C=O) groups excluding carboxylic acids is 1. The Labute approximate surface area is 160 Å². The molecule has 1 saturated heterocycles. The summed E-state index contributed by atoms with van der Waals surface area (Å²) in [6, 6.07) is 3.99. The molecule has 0 atom stereocenters. The summed E-state index contributed by atoms with van der Waals surface area (Å²) in [6.45, 7) is 3.83. The molecule has 1 fully saturated rings. The molecule has 6 heteroatoms. The predicted octanol–water partition coefficient (Wildman–Crippen LogP) is 3.90. The maximum absolute atomic E-state index is 12.3. The van der Waals surface area contributed by atoms with Crippen LogP contribution in [-0.4, -0.2) is 43.7 Å². The summed E-state index contributed by atoms with van der Waals surface area (Å²) in [7, 11) is 2.25. The summed E-state index contributed by atoms with van der Waals surface area (Å²) >= 11 is 6.67. The zero-order valence-electron chi connectivity index (χ0n) is 11.3. The minimum absolute atomic E-state index is 0.192. The van der Waals surface area contributed by atoms with E-state index in [-0.39, 0.29) is 5.97 Å². The van der Waals surface area contributed by atoms with Crippen molar-refractivity contribution < 1.29 is 14.0 Å². The van der Waals surface area contributed by atoms with E-state index in [0.29, 0.717) is 12.2 Å². The van der Waals surface area contributed by atoms with Crippen molar-refractivity contribution >= 4 is 73.7 Å². The molecule has 110 valence electrons. The standard InChI is InChI=1S/C14H17I3NO2/c1-18(6-2-3-7-18)8-9-20-14(19)12-10(15)4-5-11(16)13(12)17/h4-5H,2-3,6-9H2,1H3/q+1. The van der Waals surface area contributed by atoms with Gasteiger partial charge >= 0.3 is 5.97 Å². The number of likely N-dealkylation sites (tertiary alicyclic amines) is 1. The lowest BCUT2D eigenvalue weighted by atomic mass is 10.2. The molecule has 0 amide bonds. The van der Waals surface area contributed by atoms with Crippen molar-refractivity contribution in [2.24, 2.45) is 0 Å². The van der Waals surface area contributed by atoms with Crippen LogP contribution in [0, 0.1) is 10.7 Å². The monoisotopic (exact) mass is 612 g/mol. The number of benzene rings is 1. The molecular formula is C14H17I3NO2+. The van der Waals surface area contributed by atoms with Gasteiger partial charge in [-0.2, -0.15) is 0 Å². The fourth-order valence-corrected chi connectivity index (χ4v) is 4.79. The van der Waals surface area contributed by atoms with E-state index in [0.717, 1.165) is 21.7 Å². The second kappa shape index (κ2) is 7.40. The van der Waals surface area contributed by atoms with Crippen molar-refractivity contribution in [3.63, 3.8) is 0 Å². The minimum Gasteiger partial charge on any atom is -0.456 e. The first-order valence-electron chi connectivity index (χ1n) is 6.57. The molecule has 0 spiro atoms. The van der Waals surface area contributed by atoms with Crippen LogP contribution in [-0.2, 0) is 4.74 Å². The van der Waals surface area contributed by atoms with Gasteiger partial charge in [0.25, 0.3) is 0 Å².